The number of aromatic nitrogens is 1. The molecule has 0 aliphatic carbocycles. The van der Waals surface area contributed by atoms with Crippen LogP contribution in [0.15, 0.2) is 30.3 Å². The molecule has 1 atom stereocenters. The number of aliphatic hydroxyl groups is 1. The number of aliphatic hydroxyl groups excluding tert-OH is 1. The van der Waals surface area contributed by atoms with Crippen molar-refractivity contribution in [2.45, 2.75) is 26.9 Å². The van der Waals surface area contributed by atoms with Gasteiger partial charge in [-0.05, 0) is 45.0 Å². The summed E-state index contributed by atoms with van der Waals surface area (Å²) >= 11 is 0. The number of ether oxygens (including phenoxy) is 1. The molecule has 2 rings (SSSR count). The molecule has 0 aliphatic rings. The summed E-state index contributed by atoms with van der Waals surface area (Å²) in [4.78, 5) is 14.5. The van der Waals surface area contributed by atoms with Gasteiger partial charge in [-0.2, -0.15) is 0 Å². The summed E-state index contributed by atoms with van der Waals surface area (Å²) in [5.41, 5.74) is 4.67. The highest BCUT2D eigenvalue weighted by molar-refractivity contribution is 5.98. The standard InChI is InChI=1S/C19H26N2O3/c1-13-6-9-18(21-14(2)7-8-15(21)3)17(10-13)19(23)20(4)11-16(22)12-24-5/h6-10,16,22H,11-12H2,1-5H3. The number of hydrogen-bond donors (Lipinski definition) is 1. The first-order chi connectivity index (χ1) is 11.3. The van der Waals surface area contributed by atoms with Crippen LogP contribution in [0.4, 0.5) is 0 Å². The van der Waals surface area contributed by atoms with Crippen molar-refractivity contribution in [3.63, 3.8) is 0 Å². The van der Waals surface area contributed by atoms with Crippen LogP contribution in [0.3, 0.4) is 0 Å². The van der Waals surface area contributed by atoms with Crippen LogP contribution in [-0.4, -0.2) is 53.9 Å². The number of methoxy groups -OCH3 is 1. The number of rotatable bonds is 6. The molecule has 0 fully saturated rings. The van der Waals surface area contributed by atoms with Crippen LogP contribution in [0.1, 0.15) is 27.3 Å². The lowest BCUT2D eigenvalue weighted by atomic mass is 10.1. The van der Waals surface area contributed by atoms with Crippen molar-refractivity contribution in [3.8, 4) is 5.69 Å². The number of benzene rings is 1. The van der Waals surface area contributed by atoms with E-state index < -0.39 is 6.10 Å². The number of amides is 1. The molecular weight excluding hydrogens is 304 g/mol. The second-order valence-corrected chi connectivity index (χ2v) is 6.27. The summed E-state index contributed by atoms with van der Waals surface area (Å²) in [5, 5.41) is 9.89. The Kier molecular flexibility index (Phi) is 5.80. The molecule has 0 saturated heterocycles. The normalized spacial score (nSPS) is 12.2. The summed E-state index contributed by atoms with van der Waals surface area (Å²) < 4.78 is 7.01. The van der Waals surface area contributed by atoms with Crippen molar-refractivity contribution in [3.05, 3.63) is 52.8 Å². The summed E-state index contributed by atoms with van der Waals surface area (Å²) in [7, 11) is 3.23. The van der Waals surface area contributed by atoms with E-state index in [2.05, 4.69) is 4.57 Å². The Labute approximate surface area is 143 Å². The highest BCUT2D eigenvalue weighted by Gasteiger charge is 2.20. The van der Waals surface area contributed by atoms with Gasteiger partial charge in [0.1, 0.15) is 0 Å². The van der Waals surface area contributed by atoms with Crippen molar-refractivity contribution < 1.29 is 14.6 Å². The average molecular weight is 330 g/mol. The lowest BCUT2D eigenvalue weighted by Gasteiger charge is -2.23. The minimum atomic E-state index is -0.702. The Morgan fingerprint density at radius 1 is 1.21 bits per heavy atom. The number of carbonyl (C=O) groups is 1. The van der Waals surface area contributed by atoms with E-state index >= 15 is 0 Å². The Morgan fingerprint density at radius 3 is 2.42 bits per heavy atom. The predicted molar refractivity (Wildman–Crippen MR) is 94.8 cm³/mol. The zero-order chi connectivity index (χ0) is 17.9. The SMILES string of the molecule is COCC(O)CN(C)C(=O)c1cc(C)ccc1-n1c(C)ccc1C. The van der Waals surface area contributed by atoms with Gasteiger partial charge in [0.25, 0.3) is 5.91 Å². The van der Waals surface area contributed by atoms with Crippen LogP contribution in [0.25, 0.3) is 5.69 Å². The molecule has 0 radical (unpaired) electrons. The van der Waals surface area contributed by atoms with Gasteiger partial charge in [-0.25, -0.2) is 0 Å². The molecule has 1 heterocycles. The first kappa shape index (κ1) is 18.2. The Balaban J connectivity index is 2.39. The first-order valence-corrected chi connectivity index (χ1v) is 8.03. The quantitative estimate of drug-likeness (QED) is 0.885. The third-order valence-corrected chi connectivity index (χ3v) is 4.08. The number of carbonyl (C=O) groups excluding carboxylic acids is 1. The van der Waals surface area contributed by atoms with E-state index in [1.807, 2.05) is 51.1 Å². The Morgan fingerprint density at radius 2 is 1.83 bits per heavy atom. The van der Waals surface area contributed by atoms with Crippen molar-refractivity contribution in [1.82, 2.24) is 9.47 Å². The lowest BCUT2D eigenvalue weighted by molar-refractivity contribution is 0.0380. The topological polar surface area (TPSA) is 54.7 Å². The number of aryl methyl sites for hydroxylation is 3. The van der Waals surface area contributed by atoms with Crippen LogP contribution in [0.2, 0.25) is 0 Å². The molecule has 0 aliphatic heterocycles. The third-order valence-electron chi connectivity index (χ3n) is 4.08. The summed E-state index contributed by atoms with van der Waals surface area (Å²) in [6, 6.07) is 9.95. The van der Waals surface area contributed by atoms with E-state index in [-0.39, 0.29) is 19.1 Å². The van der Waals surface area contributed by atoms with Gasteiger partial charge in [0.2, 0.25) is 0 Å². The highest BCUT2D eigenvalue weighted by atomic mass is 16.5. The lowest BCUT2D eigenvalue weighted by Crippen LogP contribution is -2.36. The molecule has 1 aromatic carbocycles. The van der Waals surface area contributed by atoms with Gasteiger partial charge in [0, 0.05) is 32.1 Å². The minimum Gasteiger partial charge on any atom is -0.389 e. The van der Waals surface area contributed by atoms with Gasteiger partial charge in [0.15, 0.2) is 0 Å². The Hall–Kier alpha value is -2.11. The fourth-order valence-corrected chi connectivity index (χ4v) is 2.91. The maximum atomic E-state index is 12.9. The molecule has 0 bridgehead atoms. The zero-order valence-corrected chi connectivity index (χ0v) is 15.0. The molecule has 0 spiro atoms. The zero-order valence-electron chi connectivity index (χ0n) is 15.0. The number of likely N-dealkylation sites (N-methyl/N-ethyl adjacent to an activating group) is 1. The maximum absolute atomic E-state index is 12.9. The van der Waals surface area contributed by atoms with Crippen LogP contribution in [0.5, 0.6) is 0 Å². The minimum absolute atomic E-state index is 0.114. The van der Waals surface area contributed by atoms with E-state index in [9.17, 15) is 9.90 Å². The van der Waals surface area contributed by atoms with Crippen LogP contribution in [0, 0.1) is 20.8 Å². The van der Waals surface area contributed by atoms with E-state index in [0.29, 0.717) is 5.56 Å². The fraction of sp³-hybridized carbons (Fsp3) is 0.421. The van der Waals surface area contributed by atoms with Gasteiger partial charge in [-0.3, -0.25) is 4.79 Å². The molecule has 1 N–H and O–H groups in total. The van der Waals surface area contributed by atoms with E-state index in [0.717, 1.165) is 22.6 Å². The first-order valence-electron chi connectivity index (χ1n) is 8.03. The van der Waals surface area contributed by atoms with Crippen molar-refractivity contribution in [2.24, 2.45) is 0 Å². The highest BCUT2D eigenvalue weighted by Crippen LogP contribution is 2.23. The van der Waals surface area contributed by atoms with Crippen LogP contribution in [-0.2, 0) is 4.74 Å². The van der Waals surface area contributed by atoms with Crippen LogP contribution < -0.4 is 0 Å². The van der Waals surface area contributed by atoms with E-state index in [4.69, 9.17) is 4.74 Å². The Bertz CT molecular complexity index is 702. The predicted octanol–water partition coefficient (Wildman–Crippen LogP) is 2.48. The van der Waals surface area contributed by atoms with Crippen molar-refractivity contribution >= 4 is 5.91 Å². The van der Waals surface area contributed by atoms with E-state index in [1.165, 1.54) is 12.0 Å². The van der Waals surface area contributed by atoms with Gasteiger partial charge >= 0.3 is 0 Å². The van der Waals surface area contributed by atoms with Gasteiger partial charge in [0.05, 0.1) is 24.0 Å². The molecular formula is C19H26N2O3. The molecule has 130 valence electrons. The van der Waals surface area contributed by atoms with E-state index in [1.54, 1.807) is 7.05 Å². The number of nitrogens with zero attached hydrogens (tertiary/aromatic N) is 2. The third kappa shape index (κ3) is 3.86. The molecule has 1 aromatic heterocycles. The molecule has 1 unspecified atom stereocenters. The number of hydrogen-bond acceptors (Lipinski definition) is 3. The molecule has 24 heavy (non-hydrogen) atoms. The smallest absolute Gasteiger partial charge is 0.255 e. The van der Waals surface area contributed by atoms with Gasteiger partial charge in [-0.1, -0.05) is 11.6 Å². The fourth-order valence-electron chi connectivity index (χ4n) is 2.91. The second kappa shape index (κ2) is 7.64. The summed E-state index contributed by atoms with van der Waals surface area (Å²) in [6.45, 7) is 6.44. The molecule has 1 amide bonds. The van der Waals surface area contributed by atoms with Gasteiger partial charge in [-0.15, -0.1) is 0 Å². The van der Waals surface area contributed by atoms with Crippen LogP contribution >= 0.6 is 0 Å². The molecule has 0 saturated carbocycles. The molecule has 5 heteroatoms. The monoisotopic (exact) mass is 330 g/mol. The van der Waals surface area contributed by atoms with Crippen molar-refractivity contribution in [1.29, 1.82) is 0 Å². The largest absolute Gasteiger partial charge is 0.389 e. The molecule has 2 aromatic rings. The summed E-state index contributed by atoms with van der Waals surface area (Å²) in [5.74, 6) is -0.114. The maximum Gasteiger partial charge on any atom is 0.255 e. The summed E-state index contributed by atoms with van der Waals surface area (Å²) in [6.07, 6.45) is -0.702. The molecule has 5 nitrogen and oxygen atoms in total. The second-order valence-electron chi connectivity index (χ2n) is 6.27. The van der Waals surface area contributed by atoms with Crippen molar-refractivity contribution in [2.75, 3.05) is 27.3 Å². The average Bonchev–Trinajstić information content (AvgIpc) is 2.86. The van der Waals surface area contributed by atoms with Gasteiger partial charge < -0.3 is 19.3 Å².